The number of hydrogen-bond acceptors (Lipinski definition) is 4. The van der Waals surface area contributed by atoms with Crippen LogP contribution in [0.1, 0.15) is 36.9 Å². The molecule has 0 saturated carbocycles. The fourth-order valence-electron chi connectivity index (χ4n) is 2.45. The smallest absolute Gasteiger partial charge is 0.0897 e. The molecule has 4 heteroatoms. The van der Waals surface area contributed by atoms with Crippen LogP contribution < -0.4 is 0 Å². The standard InChI is InChI=1S/C12H20N2OS/c1-9(15)6-12-4-3-5-14(12)7-11-8-16-10(2)13-11/h8-9,12,15H,3-7H2,1-2H3. The zero-order valence-electron chi connectivity index (χ0n) is 10.0. The summed E-state index contributed by atoms with van der Waals surface area (Å²) in [5.41, 5.74) is 1.18. The molecule has 2 rings (SSSR count). The molecular formula is C12H20N2OS. The predicted octanol–water partition coefficient (Wildman–Crippen LogP) is 2.19. The molecule has 1 aliphatic heterocycles. The van der Waals surface area contributed by atoms with Gasteiger partial charge in [0.2, 0.25) is 0 Å². The van der Waals surface area contributed by atoms with Crippen molar-refractivity contribution in [2.24, 2.45) is 0 Å². The van der Waals surface area contributed by atoms with Gasteiger partial charge < -0.3 is 5.11 Å². The van der Waals surface area contributed by atoms with Crippen molar-refractivity contribution in [2.75, 3.05) is 6.54 Å². The first-order valence-electron chi connectivity index (χ1n) is 5.98. The molecular weight excluding hydrogens is 220 g/mol. The average Bonchev–Trinajstić information content (AvgIpc) is 2.77. The lowest BCUT2D eigenvalue weighted by Crippen LogP contribution is -2.31. The molecule has 1 N–H and O–H groups in total. The molecule has 0 bridgehead atoms. The average molecular weight is 240 g/mol. The van der Waals surface area contributed by atoms with E-state index in [1.54, 1.807) is 11.3 Å². The van der Waals surface area contributed by atoms with Crippen molar-refractivity contribution in [3.63, 3.8) is 0 Å². The Morgan fingerprint density at radius 1 is 1.69 bits per heavy atom. The molecule has 1 saturated heterocycles. The number of hydrogen-bond donors (Lipinski definition) is 1. The highest BCUT2D eigenvalue weighted by Crippen LogP contribution is 2.23. The molecule has 1 aliphatic rings. The number of nitrogens with zero attached hydrogens (tertiary/aromatic N) is 2. The number of aliphatic hydroxyl groups excluding tert-OH is 1. The topological polar surface area (TPSA) is 36.4 Å². The lowest BCUT2D eigenvalue weighted by Gasteiger charge is -2.24. The summed E-state index contributed by atoms with van der Waals surface area (Å²) in [6.07, 6.45) is 3.17. The van der Waals surface area contributed by atoms with Gasteiger partial charge >= 0.3 is 0 Å². The minimum Gasteiger partial charge on any atom is -0.393 e. The maximum absolute atomic E-state index is 9.46. The van der Waals surface area contributed by atoms with Gasteiger partial charge in [0.1, 0.15) is 0 Å². The fourth-order valence-corrected chi connectivity index (χ4v) is 3.06. The van der Waals surface area contributed by atoms with Gasteiger partial charge in [0, 0.05) is 18.0 Å². The van der Waals surface area contributed by atoms with Crippen LogP contribution in [0.4, 0.5) is 0 Å². The molecule has 3 nitrogen and oxygen atoms in total. The zero-order valence-corrected chi connectivity index (χ0v) is 10.8. The van der Waals surface area contributed by atoms with Gasteiger partial charge in [-0.15, -0.1) is 11.3 Å². The molecule has 2 heterocycles. The second-order valence-electron chi connectivity index (χ2n) is 4.71. The van der Waals surface area contributed by atoms with E-state index < -0.39 is 0 Å². The third-order valence-corrected chi connectivity index (χ3v) is 3.97. The van der Waals surface area contributed by atoms with Gasteiger partial charge in [0.25, 0.3) is 0 Å². The third-order valence-electron chi connectivity index (χ3n) is 3.14. The summed E-state index contributed by atoms with van der Waals surface area (Å²) in [6.45, 7) is 6.02. The highest BCUT2D eigenvalue weighted by molar-refractivity contribution is 7.09. The van der Waals surface area contributed by atoms with Crippen molar-refractivity contribution in [2.45, 2.75) is 51.8 Å². The lowest BCUT2D eigenvalue weighted by atomic mass is 10.1. The van der Waals surface area contributed by atoms with Gasteiger partial charge in [-0.25, -0.2) is 4.98 Å². The van der Waals surface area contributed by atoms with Crippen LogP contribution in [0.15, 0.2) is 5.38 Å². The Labute approximate surface area is 101 Å². The molecule has 0 aliphatic carbocycles. The van der Waals surface area contributed by atoms with Crippen LogP contribution in [0.5, 0.6) is 0 Å². The lowest BCUT2D eigenvalue weighted by molar-refractivity contribution is 0.130. The summed E-state index contributed by atoms with van der Waals surface area (Å²) in [5, 5.41) is 12.7. The molecule has 1 aromatic rings. The first-order chi connectivity index (χ1) is 7.65. The van der Waals surface area contributed by atoms with Crippen LogP contribution in [0, 0.1) is 6.92 Å². The highest BCUT2D eigenvalue weighted by atomic mass is 32.1. The Bertz CT molecular complexity index is 338. The van der Waals surface area contributed by atoms with Crippen molar-refractivity contribution < 1.29 is 5.11 Å². The van der Waals surface area contributed by atoms with E-state index in [-0.39, 0.29) is 6.10 Å². The van der Waals surface area contributed by atoms with Crippen molar-refractivity contribution in [3.05, 3.63) is 16.1 Å². The molecule has 0 aromatic carbocycles. The van der Waals surface area contributed by atoms with Crippen LogP contribution in [0.3, 0.4) is 0 Å². The maximum atomic E-state index is 9.46. The Kier molecular flexibility index (Phi) is 3.95. The van der Waals surface area contributed by atoms with Crippen LogP contribution in [0.2, 0.25) is 0 Å². The first kappa shape index (κ1) is 12.0. The van der Waals surface area contributed by atoms with E-state index in [2.05, 4.69) is 15.3 Å². The monoisotopic (exact) mass is 240 g/mol. The summed E-state index contributed by atoms with van der Waals surface area (Å²) in [7, 11) is 0. The number of aromatic nitrogens is 1. The number of thiazole rings is 1. The molecule has 0 spiro atoms. The second kappa shape index (κ2) is 5.25. The van der Waals surface area contributed by atoms with Crippen molar-refractivity contribution in [1.82, 2.24) is 9.88 Å². The predicted molar refractivity (Wildman–Crippen MR) is 66.6 cm³/mol. The van der Waals surface area contributed by atoms with E-state index in [1.165, 1.54) is 18.5 Å². The molecule has 1 aromatic heterocycles. The van der Waals surface area contributed by atoms with Crippen LogP contribution >= 0.6 is 11.3 Å². The van der Waals surface area contributed by atoms with Gasteiger partial charge in [-0.05, 0) is 39.7 Å². The largest absolute Gasteiger partial charge is 0.393 e. The van der Waals surface area contributed by atoms with E-state index in [1.807, 2.05) is 13.8 Å². The summed E-state index contributed by atoms with van der Waals surface area (Å²) in [5.74, 6) is 0. The quantitative estimate of drug-likeness (QED) is 0.876. The molecule has 2 unspecified atom stereocenters. The highest BCUT2D eigenvalue weighted by Gasteiger charge is 2.25. The minimum atomic E-state index is -0.192. The summed E-state index contributed by atoms with van der Waals surface area (Å²) in [4.78, 5) is 6.96. The zero-order chi connectivity index (χ0) is 11.5. The molecule has 0 amide bonds. The maximum Gasteiger partial charge on any atom is 0.0897 e. The summed E-state index contributed by atoms with van der Waals surface area (Å²) >= 11 is 1.72. The van der Waals surface area contributed by atoms with Crippen LogP contribution in [0.25, 0.3) is 0 Å². The molecule has 0 radical (unpaired) electrons. The number of aryl methyl sites for hydroxylation is 1. The van der Waals surface area contributed by atoms with Gasteiger partial charge in [0.15, 0.2) is 0 Å². The number of aliphatic hydroxyl groups is 1. The van der Waals surface area contributed by atoms with Crippen molar-refractivity contribution >= 4 is 11.3 Å². The Balaban J connectivity index is 1.93. The number of rotatable bonds is 4. The minimum absolute atomic E-state index is 0.192. The van der Waals surface area contributed by atoms with Crippen LogP contribution in [-0.4, -0.2) is 33.7 Å². The first-order valence-corrected chi connectivity index (χ1v) is 6.86. The Morgan fingerprint density at radius 3 is 3.12 bits per heavy atom. The molecule has 1 fully saturated rings. The van der Waals surface area contributed by atoms with Gasteiger partial charge in [-0.2, -0.15) is 0 Å². The van der Waals surface area contributed by atoms with E-state index in [9.17, 15) is 5.11 Å². The Morgan fingerprint density at radius 2 is 2.50 bits per heavy atom. The van der Waals surface area contributed by atoms with E-state index >= 15 is 0 Å². The normalized spacial score (nSPS) is 23.8. The van der Waals surface area contributed by atoms with Gasteiger partial charge in [-0.3, -0.25) is 4.90 Å². The molecule has 16 heavy (non-hydrogen) atoms. The second-order valence-corrected chi connectivity index (χ2v) is 5.77. The van der Waals surface area contributed by atoms with E-state index in [4.69, 9.17) is 0 Å². The molecule has 90 valence electrons. The Hall–Kier alpha value is -0.450. The van der Waals surface area contributed by atoms with Gasteiger partial charge in [-0.1, -0.05) is 0 Å². The van der Waals surface area contributed by atoms with Crippen molar-refractivity contribution in [1.29, 1.82) is 0 Å². The van der Waals surface area contributed by atoms with Crippen LogP contribution in [-0.2, 0) is 6.54 Å². The third kappa shape index (κ3) is 3.03. The SMILES string of the molecule is Cc1nc(CN2CCCC2CC(C)O)cs1. The summed E-state index contributed by atoms with van der Waals surface area (Å²) < 4.78 is 0. The van der Waals surface area contributed by atoms with E-state index in [0.717, 1.165) is 24.5 Å². The fraction of sp³-hybridized carbons (Fsp3) is 0.750. The van der Waals surface area contributed by atoms with Gasteiger partial charge in [0.05, 0.1) is 16.8 Å². The van der Waals surface area contributed by atoms with Crippen molar-refractivity contribution in [3.8, 4) is 0 Å². The molecule has 2 atom stereocenters. The van der Waals surface area contributed by atoms with E-state index in [0.29, 0.717) is 6.04 Å². The summed E-state index contributed by atoms with van der Waals surface area (Å²) in [6, 6.07) is 0.544. The number of likely N-dealkylation sites (tertiary alicyclic amines) is 1.